The molecule has 1 aliphatic rings. The van der Waals surface area contributed by atoms with Gasteiger partial charge in [0.2, 0.25) is 0 Å². The van der Waals surface area contributed by atoms with Gasteiger partial charge < -0.3 is 9.84 Å². The summed E-state index contributed by atoms with van der Waals surface area (Å²) < 4.78 is 19.2. The lowest BCUT2D eigenvalue weighted by Gasteiger charge is -2.18. The second-order valence-electron chi connectivity index (χ2n) is 4.49. The maximum atomic E-state index is 13.5. The summed E-state index contributed by atoms with van der Waals surface area (Å²) in [5, 5.41) is 12.1. The van der Waals surface area contributed by atoms with E-state index in [0.29, 0.717) is 16.6 Å². The number of halogens is 2. The van der Waals surface area contributed by atoms with Crippen molar-refractivity contribution in [2.24, 2.45) is 0 Å². The van der Waals surface area contributed by atoms with Crippen LogP contribution < -0.4 is 5.32 Å². The minimum absolute atomic E-state index is 0.0437. The molecule has 0 saturated carbocycles. The van der Waals surface area contributed by atoms with Crippen LogP contribution in [0.5, 0.6) is 0 Å². The summed E-state index contributed by atoms with van der Waals surface area (Å²) >= 11 is 3.05. The van der Waals surface area contributed by atoms with E-state index in [1.165, 1.54) is 12.1 Å². The van der Waals surface area contributed by atoms with E-state index in [9.17, 15) is 14.3 Å². The largest absolute Gasteiger partial charge is 0.480 e. The molecule has 0 bridgehead atoms. The van der Waals surface area contributed by atoms with E-state index >= 15 is 0 Å². The van der Waals surface area contributed by atoms with E-state index < -0.39 is 17.8 Å². The number of carboxylic acid groups (broad SMARTS) is 1. The zero-order valence-electron chi connectivity index (χ0n) is 10.2. The summed E-state index contributed by atoms with van der Waals surface area (Å²) in [5.41, 5.74) is 0.395. The van der Waals surface area contributed by atoms with Crippen LogP contribution in [0.15, 0.2) is 22.7 Å². The Hall–Kier alpha value is -0.980. The summed E-state index contributed by atoms with van der Waals surface area (Å²) in [6.45, 7) is 1.17. The van der Waals surface area contributed by atoms with Crippen LogP contribution in [-0.2, 0) is 9.53 Å². The highest BCUT2D eigenvalue weighted by atomic mass is 79.9. The molecule has 1 aliphatic heterocycles. The van der Waals surface area contributed by atoms with Crippen LogP contribution in [0.1, 0.15) is 24.4 Å². The Morgan fingerprint density at radius 2 is 2.42 bits per heavy atom. The van der Waals surface area contributed by atoms with Crippen LogP contribution in [0.2, 0.25) is 0 Å². The van der Waals surface area contributed by atoms with Gasteiger partial charge in [0.05, 0.1) is 10.6 Å². The van der Waals surface area contributed by atoms with Gasteiger partial charge in [-0.15, -0.1) is 0 Å². The van der Waals surface area contributed by atoms with Crippen LogP contribution in [-0.4, -0.2) is 30.3 Å². The molecule has 0 aliphatic carbocycles. The van der Waals surface area contributed by atoms with Crippen LogP contribution in [0.3, 0.4) is 0 Å². The highest BCUT2D eigenvalue weighted by molar-refractivity contribution is 9.10. The molecule has 104 valence electrons. The molecule has 1 heterocycles. The Morgan fingerprint density at radius 3 is 3.00 bits per heavy atom. The maximum Gasteiger partial charge on any atom is 0.325 e. The van der Waals surface area contributed by atoms with Crippen molar-refractivity contribution < 1.29 is 19.0 Å². The van der Waals surface area contributed by atoms with Gasteiger partial charge in [0.25, 0.3) is 0 Å². The number of ether oxygens (including phenoxy) is 1. The van der Waals surface area contributed by atoms with E-state index in [0.717, 1.165) is 19.4 Å². The monoisotopic (exact) mass is 331 g/mol. The number of carbonyl (C=O) groups is 1. The zero-order chi connectivity index (χ0) is 13.8. The molecule has 1 aromatic rings. The van der Waals surface area contributed by atoms with E-state index in [-0.39, 0.29) is 6.10 Å². The van der Waals surface area contributed by atoms with Gasteiger partial charge in [-0.1, -0.05) is 6.07 Å². The van der Waals surface area contributed by atoms with Gasteiger partial charge in [0, 0.05) is 13.2 Å². The summed E-state index contributed by atoms with van der Waals surface area (Å²) in [6.07, 6.45) is 1.97. The van der Waals surface area contributed by atoms with Crippen molar-refractivity contribution in [1.82, 2.24) is 5.32 Å². The Bertz CT molecular complexity index is 463. The molecular weight excluding hydrogens is 317 g/mol. The third-order valence-corrected chi connectivity index (χ3v) is 3.74. The predicted molar refractivity (Wildman–Crippen MR) is 71.5 cm³/mol. The summed E-state index contributed by atoms with van der Waals surface area (Å²) in [5.74, 6) is -1.50. The number of nitrogens with one attached hydrogen (secondary N) is 1. The zero-order valence-corrected chi connectivity index (χ0v) is 11.8. The van der Waals surface area contributed by atoms with E-state index in [1.807, 2.05) is 0 Å². The first-order valence-corrected chi connectivity index (χ1v) is 6.90. The van der Waals surface area contributed by atoms with Gasteiger partial charge in [-0.2, -0.15) is 0 Å². The minimum Gasteiger partial charge on any atom is -0.480 e. The fourth-order valence-corrected chi connectivity index (χ4v) is 2.34. The number of aliphatic carboxylic acids is 1. The molecule has 2 rings (SSSR count). The topological polar surface area (TPSA) is 58.6 Å². The molecule has 6 heteroatoms. The Morgan fingerprint density at radius 1 is 1.63 bits per heavy atom. The molecule has 2 unspecified atom stereocenters. The highest BCUT2D eigenvalue weighted by Crippen LogP contribution is 2.21. The van der Waals surface area contributed by atoms with Crippen LogP contribution in [0, 0.1) is 5.82 Å². The normalized spacial score (nSPS) is 20.4. The summed E-state index contributed by atoms with van der Waals surface area (Å²) in [6, 6.07) is 3.40. The van der Waals surface area contributed by atoms with E-state index in [4.69, 9.17) is 4.74 Å². The summed E-state index contributed by atoms with van der Waals surface area (Å²) in [4.78, 5) is 11.3. The summed E-state index contributed by atoms with van der Waals surface area (Å²) in [7, 11) is 0. The molecule has 19 heavy (non-hydrogen) atoms. The second-order valence-corrected chi connectivity index (χ2v) is 5.34. The van der Waals surface area contributed by atoms with Crippen molar-refractivity contribution in [1.29, 1.82) is 0 Å². The van der Waals surface area contributed by atoms with Gasteiger partial charge in [0.15, 0.2) is 0 Å². The Labute approximate surface area is 119 Å². The van der Waals surface area contributed by atoms with Crippen molar-refractivity contribution in [2.45, 2.75) is 25.0 Å². The van der Waals surface area contributed by atoms with Gasteiger partial charge in [0.1, 0.15) is 11.9 Å². The van der Waals surface area contributed by atoms with Crippen molar-refractivity contribution in [2.75, 3.05) is 13.2 Å². The standard InChI is InChI=1S/C13H15BrFNO3/c14-10-4-3-8(6-11(10)15)12(13(17)18)16-7-9-2-1-5-19-9/h3-4,6,9,12,16H,1-2,5,7H2,(H,17,18). The molecule has 0 aromatic heterocycles. The van der Waals surface area contributed by atoms with Crippen LogP contribution in [0.4, 0.5) is 4.39 Å². The first-order valence-electron chi connectivity index (χ1n) is 6.10. The quantitative estimate of drug-likeness (QED) is 0.870. The Kier molecular flexibility index (Phi) is 4.90. The number of carboxylic acids is 1. The maximum absolute atomic E-state index is 13.5. The van der Waals surface area contributed by atoms with E-state index in [2.05, 4.69) is 21.2 Å². The number of rotatable bonds is 5. The van der Waals surface area contributed by atoms with Crippen molar-refractivity contribution >= 4 is 21.9 Å². The van der Waals surface area contributed by atoms with Gasteiger partial charge in [-0.05, 0) is 46.5 Å². The first kappa shape index (κ1) is 14.4. The minimum atomic E-state index is -1.03. The molecule has 2 atom stereocenters. The molecule has 0 spiro atoms. The number of hydrogen-bond acceptors (Lipinski definition) is 3. The first-order chi connectivity index (χ1) is 9.08. The molecule has 0 amide bonds. The SMILES string of the molecule is O=C(O)C(NCC1CCCO1)c1ccc(Br)c(F)c1. The average molecular weight is 332 g/mol. The van der Waals surface area contributed by atoms with E-state index in [1.54, 1.807) is 6.07 Å². The molecule has 1 aromatic carbocycles. The fraction of sp³-hybridized carbons (Fsp3) is 0.462. The van der Waals surface area contributed by atoms with Crippen LogP contribution >= 0.6 is 15.9 Å². The molecular formula is C13H15BrFNO3. The van der Waals surface area contributed by atoms with Gasteiger partial charge >= 0.3 is 5.97 Å². The Balaban J connectivity index is 2.05. The van der Waals surface area contributed by atoms with Crippen LogP contribution in [0.25, 0.3) is 0 Å². The second kappa shape index (κ2) is 6.45. The lowest BCUT2D eigenvalue weighted by molar-refractivity contribution is -0.139. The third kappa shape index (κ3) is 3.75. The predicted octanol–water partition coefficient (Wildman–Crippen LogP) is 2.48. The van der Waals surface area contributed by atoms with Crippen molar-refractivity contribution in [3.63, 3.8) is 0 Å². The fourth-order valence-electron chi connectivity index (χ4n) is 2.09. The molecule has 0 radical (unpaired) electrons. The molecule has 1 saturated heterocycles. The van der Waals surface area contributed by atoms with Crippen molar-refractivity contribution in [3.8, 4) is 0 Å². The smallest absolute Gasteiger partial charge is 0.325 e. The van der Waals surface area contributed by atoms with Gasteiger partial charge in [-0.25, -0.2) is 4.39 Å². The third-order valence-electron chi connectivity index (χ3n) is 3.10. The number of benzene rings is 1. The highest BCUT2D eigenvalue weighted by Gasteiger charge is 2.23. The lowest BCUT2D eigenvalue weighted by atomic mass is 10.1. The lowest BCUT2D eigenvalue weighted by Crippen LogP contribution is -2.34. The van der Waals surface area contributed by atoms with Crippen molar-refractivity contribution in [3.05, 3.63) is 34.1 Å². The molecule has 1 fully saturated rings. The van der Waals surface area contributed by atoms with Gasteiger partial charge in [-0.3, -0.25) is 10.1 Å². The molecule has 2 N–H and O–H groups in total. The molecule has 4 nitrogen and oxygen atoms in total. The number of hydrogen-bond donors (Lipinski definition) is 2. The average Bonchev–Trinajstić information content (AvgIpc) is 2.86.